The third-order valence-corrected chi connectivity index (χ3v) is 7.93. The minimum absolute atomic E-state index is 0.0185. The molecule has 2 aromatic carbocycles. The molecule has 0 unspecified atom stereocenters. The molecule has 1 atom stereocenters. The monoisotopic (exact) mass is 484 g/mol. The van der Waals surface area contributed by atoms with Crippen molar-refractivity contribution < 1.29 is 4.79 Å². The van der Waals surface area contributed by atoms with Crippen molar-refractivity contribution in [3.05, 3.63) is 69.2 Å². The number of aryl methyl sites for hydroxylation is 1. The van der Waals surface area contributed by atoms with E-state index in [2.05, 4.69) is 63.8 Å². The van der Waals surface area contributed by atoms with Gasteiger partial charge in [-0.2, -0.15) is 0 Å². The Hall–Kier alpha value is -1.84. The van der Waals surface area contributed by atoms with Crippen LogP contribution < -0.4 is 0 Å². The van der Waals surface area contributed by atoms with Crippen molar-refractivity contribution in [2.24, 2.45) is 16.3 Å². The normalized spacial score (nSPS) is 24.3. The van der Waals surface area contributed by atoms with Crippen molar-refractivity contribution in [3.63, 3.8) is 0 Å². The van der Waals surface area contributed by atoms with E-state index in [9.17, 15) is 4.79 Å². The largest absolute Gasteiger partial charge is 0.305 e. The number of benzene rings is 2. The third-order valence-electron chi connectivity index (χ3n) is 7.50. The average molecular weight is 485 g/mol. The Morgan fingerprint density at radius 1 is 1.06 bits per heavy atom. The summed E-state index contributed by atoms with van der Waals surface area (Å²) in [6.07, 6.45) is 4.70. The molecule has 3 nitrogen and oxygen atoms in total. The molecule has 33 heavy (non-hydrogen) atoms. The second kappa shape index (κ2) is 9.07. The molecule has 0 radical (unpaired) electrons. The van der Waals surface area contributed by atoms with E-state index in [4.69, 9.17) is 28.2 Å². The van der Waals surface area contributed by atoms with Crippen molar-refractivity contribution in [2.75, 3.05) is 0 Å². The fourth-order valence-electron chi connectivity index (χ4n) is 5.58. The van der Waals surface area contributed by atoms with Crippen molar-refractivity contribution in [1.82, 2.24) is 4.90 Å². The van der Waals surface area contributed by atoms with Gasteiger partial charge in [0.2, 0.25) is 0 Å². The lowest BCUT2D eigenvalue weighted by molar-refractivity contribution is -0.133. The highest BCUT2D eigenvalue weighted by molar-refractivity contribution is 6.47. The number of carbonyl (C=O) groups excluding carboxylic acids is 1. The van der Waals surface area contributed by atoms with Crippen LogP contribution in [0.1, 0.15) is 82.5 Å². The summed E-state index contributed by atoms with van der Waals surface area (Å²) < 4.78 is 0. The van der Waals surface area contributed by atoms with E-state index in [1.807, 2.05) is 0 Å². The van der Waals surface area contributed by atoms with Crippen molar-refractivity contribution in [1.29, 1.82) is 0 Å². The predicted octanol–water partition coefficient (Wildman–Crippen LogP) is 8.02. The Labute approximate surface area is 208 Å². The van der Waals surface area contributed by atoms with E-state index in [1.54, 1.807) is 18.2 Å². The van der Waals surface area contributed by atoms with Gasteiger partial charge in [0.25, 0.3) is 5.91 Å². The standard InChI is InChI=1S/C28H34Cl2N2O/c1-6-24(19-9-7-18(2)8-10-19)32-26(33)25(20-15-22(29)17-23(30)16-20)31-28(32)13-11-21(12-14-28)27(3,4)5/h7-10,15-17,21,24H,6,11-14H2,1-5H3/t21?,24-,28?/m1/s1. The SMILES string of the molecule is CC[C@H](c1ccc(C)cc1)N1C(=O)C(c2cc(Cl)cc(Cl)c2)=NC12CCC(C(C)(C)C)CC2. The van der Waals surface area contributed by atoms with Gasteiger partial charge in [0.1, 0.15) is 11.4 Å². The molecule has 1 aliphatic heterocycles. The summed E-state index contributed by atoms with van der Waals surface area (Å²) >= 11 is 12.6. The minimum Gasteiger partial charge on any atom is -0.305 e. The Bertz CT molecular complexity index is 1040. The van der Waals surface area contributed by atoms with Gasteiger partial charge in [-0.15, -0.1) is 0 Å². The second-order valence-corrected chi connectivity index (χ2v) is 11.6. The van der Waals surface area contributed by atoms with Crippen molar-refractivity contribution in [3.8, 4) is 0 Å². The fourth-order valence-corrected chi connectivity index (χ4v) is 6.10. The van der Waals surface area contributed by atoms with Crippen LogP contribution in [0.5, 0.6) is 0 Å². The molecule has 1 saturated carbocycles. The molecular weight excluding hydrogens is 451 g/mol. The van der Waals surface area contributed by atoms with Crippen molar-refractivity contribution in [2.45, 2.75) is 78.4 Å². The molecule has 1 spiro atoms. The zero-order valence-corrected chi connectivity index (χ0v) is 21.8. The van der Waals surface area contributed by atoms with Crippen LogP contribution in [0.2, 0.25) is 10.0 Å². The van der Waals surface area contributed by atoms with Crippen LogP contribution in [0.15, 0.2) is 47.5 Å². The lowest BCUT2D eigenvalue weighted by atomic mass is 9.69. The smallest absolute Gasteiger partial charge is 0.275 e. The lowest BCUT2D eigenvalue weighted by Gasteiger charge is -2.47. The average Bonchev–Trinajstić information content (AvgIpc) is 3.01. The fraction of sp³-hybridized carbons (Fsp3) is 0.500. The summed E-state index contributed by atoms with van der Waals surface area (Å²) in [5.41, 5.74) is 3.30. The van der Waals surface area contributed by atoms with Gasteiger partial charge in [0.15, 0.2) is 0 Å². The van der Waals surface area contributed by atoms with Crippen LogP contribution in [0, 0.1) is 18.3 Å². The third kappa shape index (κ3) is 4.72. The zero-order chi connectivity index (χ0) is 24.0. The van der Waals surface area contributed by atoms with Gasteiger partial charge in [-0.25, -0.2) is 0 Å². The Kier molecular flexibility index (Phi) is 6.68. The molecule has 1 heterocycles. The van der Waals surface area contributed by atoms with E-state index >= 15 is 0 Å². The van der Waals surface area contributed by atoms with Gasteiger partial charge in [0, 0.05) is 15.6 Å². The minimum atomic E-state index is -0.519. The van der Waals surface area contributed by atoms with E-state index in [-0.39, 0.29) is 17.4 Å². The van der Waals surface area contributed by atoms with E-state index in [0.717, 1.165) is 37.7 Å². The zero-order valence-electron chi connectivity index (χ0n) is 20.3. The van der Waals surface area contributed by atoms with Gasteiger partial charge >= 0.3 is 0 Å². The number of halogens is 2. The van der Waals surface area contributed by atoms with Crippen LogP contribution in [0.4, 0.5) is 0 Å². The summed E-state index contributed by atoms with van der Waals surface area (Å²) in [4.78, 5) is 21.3. The molecule has 2 aliphatic rings. The molecule has 1 aliphatic carbocycles. The highest BCUT2D eigenvalue weighted by Gasteiger charge is 2.52. The molecule has 1 amide bonds. The first-order valence-electron chi connectivity index (χ1n) is 12.0. The molecule has 176 valence electrons. The quantitative estimate of drug-likeness (QED) is 0.432. The number of amides is 1. The first-order chi connectivity index (χ1) is 15.5. The topological polar surface area (TPSA) is 32.7 Å². The molecule has 0 aromatic heterocycles. The molecule has 4 rings (SSSR count). The number of hydrogen-bond acceptors (Lipinski definition) is 2. The molecule has 0 N–H and O–H groups in total. The number of hydrogen-bond donors (Lipinski definition) is 0. The highest BCUT2D eigenvalue weighted by Crippen LogP contribution is 2.49. The molecule has 0 saturated heterocycles. The molecule has 2 aromatic rings. The van der Waals surface area contributed by atoms with Gasteiger partial charge in [-0.1, -0.05) is 80.7 Å². The maximum atomic E-state index is 14.0. The van der Waals surface area contributed by atoms with Crippen LogP contribution in [-0.2, 0) is 4.79 Å². The predicted molar refractivity (Wildman–Crippen MR) is 138 cm³/mol. The Morgan fingerprint density at radius 2 is 1.64 bits per heavy atom. The number of aliphatic imine (C=N–C) groups is 1. The number of rotatable bonds is 4. The molecular formula is C28H34Cl2N2O. The lowest BCUT2D eigenvalue weighted by Crippen LogP contribution is -2.51. The van der Waals surface area contributed by atoms with Crippen LogP contribution >= 0.6 is 23.2 Å². The highest BCUT2D eigenvalue weighted by atomic mass is 35.5. The van der Waals surface area contributed by atoms with Crippen LogP contribution in [0.25, 0.3) is 0 Å². The maximum Gasteiger partial charge on any atom is 0.275 e. The van der Waals surface area contributed by atoms with E-state index in [0.29, 0.717) is 27.2 Å². The summed E-state index contributed by atoms with van der Waals surface area (Å²) in [5.74, 6) is 0.606. The Balaban J connectivity index is 1.78. The van der Waals surface area contributed by atoms with Crippen molar-refractivity contribution >= 4 is 34.8 Å². The summed E-state index contributed by atoms with van der Waals surface area (Å²) in [5, 5.41) is 1.03. The van der Waals surface area contributed by atoms with Gasteiger partial charge in [-0.05, 0) is 74.1 Å². The number of carbonyl (C=O) groups is 1. The van der Waals surface area contributed by atoms with E-state index < -0.39 is 5.66 Å². The Morgan fingerprint density at radius 3 is 2.15 bits per heavy atom. The first kappa shape index (κ1) is 24.3. The second-order valence-electron chi connectivity index (χ2n) is 10.8. The van der Waals surface area contributed by atoms with Gasteiger partial charge in [0.05, 0.1) is 6.04 Å². The first-order valence-corrected chi connectivity index (χ1v) is 12.8. The molecule has 1 fully saturated rings. The number of nitrogens with zero attached hydrogens (tertiary/aromatic N) is 2. The molecule has 0 bridgehead atoms. The van der Waals surface area contributed by atoms with E-state index in [1.165, 1.54) is 5.56 Å². The molecule has 5 heteroatoms. The van der Waals surface area contributed by atoms with Gasteiger partial charge in [-0.3, -0.25) is 9.79 Å². The summed E-state index contributed by atoms with van der Waals surface area (Å²) in [6.45, 7) is 11.2. The van der Waals surface area contributed by atoms with Crippen LogP contribution in [-0.4, -0.2) is 22.2 Å². The van der Waals surface area contributed by atoms with Crippen LogP contribution in [0.3, 0.4) is 0 Å². The maximum absolute atomic E-state index is 14.0. The van der Waals surface area contributed by atoms with Gasteiger partial charge < -0.3 is 4.90 Å². The summed E-state index contributed by atoms with van der Waals surface area (Å²) in [6, 6.07) is 13.8. The summed E-state index contributed by atoms with van der Waals surface area (Å²) in [7, 11) is 0.